The van der Waals surface area contributed by atoms with Crippen molar-refractivity contribution >= 4 is 21.7 Å². The smallest absolute Gasteiger partial charge is 0.213 e. The van der Waals surface area contributed by atoms with Gasteiger partial charge in [-0.05, 0) is 13.8 Å². The predicted octanol–water partition coefficient (Wildman–Crippen LogP) is 0.403. The van der Waals surface area contributed by atoms with E-state index in [1.165, 1.54) is 0 Å². The lowest BCUT2D eigenvalue weighted by Gasteiger charge is -2.39. The molecule has 0 radical (unpaired) electrons. The van der Waals surface area contributed by atoms with Crippen molar-refractivity contribution in [2.24, 2.45) is 0 Å². The van der Waals surface area contributed by atoms with Crippen LogP contribution >= 0.6 is 0 Å². The van der Waals surface area contributed by atoms with E-state index in [1.807, 2.05) is 32.0 Å². The molecule has 0 aromatic carbocycles. The lowest BCUT2D eigenvalue weighted by atomic mass is 10.2. The lowest BCUT2D eigenvalue weighted by molar-refractivity contribution is 0.341. The maximum absolute atomic E-state index is 12.0. The topological polar surface area (TPSA) is 69.6 Å². The van der Waals surface area contributed by atoms with Crippen molar-refractivity contribution in [1.29, 1.82) is 0 Å². The van der Waals surface area contributed by atoms with E-state index in [0.717, 1.165) is 11.6 Å². The molecule has 118 valence electrons. The SMILES string of the molecule is CCS(=O)(=O)N1CCN(c2cc(N(C)C)ncn2)[C@H](C)C1. The number of aromatic nitrogens is 2. The highest BCUT2D eigenvalue weighted by atomic mass is 32.2. The molecule has 1 atom stereocenters. The lowest BCUT2D eigenvalue weighted by Crippen LogP contribution is -2.54. The Hall–Kier alpha value is -1.41. The van der Waals surface area contributed by atoms with E-state index in [1.54, 1.807) is 17.6 Å². The van der Waals surface area contributed by atoms with Gasteiger partial charge in [0.1, 0.15) is 18.0 Å². The summed E-state index contributed by atoms with van der Waals surface area (Å²) in [6.45, 7) is 5.35. The summed E-state index contributed by atoms with van der Waals surface area (Å²) in [6.07, 6.45) is 1.55. The second kappa shape index (κ2) is 6.15. The highest BCUT2D eigenvalue weighted by Gasteiger charge is 2.30. The van der Waals surface area contributed by atoms with Gasteiger partial charge in [-0.1, -0.05) is 0 Å². The molecule has 0 bridgehead atoms. The molecule has 0 spiro atoms. The molecule has 1 fully saturated rings. The third-order valence-corrected chi connectivity index (χ3v) is 5.59. The van der Waals surface area contributed by atoms with Crippen molar-refractivity contribution in [3.8, 4) is 0 Å². The summed E-state index contributed by atoms with van der Waals surface area (Å²) in [5.74, 6) is 1.84. The maximum atomic E-state index is 12.0. The van der Waals surface area contributed by atoms with Crippen LogP contribution in [0.15, 0.2) is 12.4 Å². The Balaban J connectivity index is 2.16. The fourth-order valence-corrected chi connectivity index (χ4v) is 3.61. The maximum Gasteiger partial charge on any atom is 0.213 e. The average molecular weight is 313 g/mol. The molecule has 2 heterocycles. The van der Waals surface area contributed by atoms with Gasteiger partial charge in [0.15, 0.2) is 0 Å². The van der Waals surface area contributed by atoms with Gasteiger partial charge >= 0.3 is 0 Å². The van der Waals surface area contributed by atoms with Crippen LogP contribution in [0.3, 0.4) is 0 Å². The summed E-state index contributed by atoms with van der Waals surface area (Å²) in [5, 5.41) is 0. The first kappa shape index (κ1) is 16.0. The summed E-state index contributed by atoms with van der Waals surface area (Å²) in [6, 6.07) is 2.02. The van der Waals surface area contributed by atoms with E-state index in [4.69, 9.17) is 0 Å². The standard InChI is InChI=1S/C13H23N5O2S/c1-5-21(19,20)17-6-7-18(11(2)9-17)13-8-12(16(3)4)14-10-15-13/h8,10-11H,5-7,9H2,1-4H3/t11-/m1/s1. The molecule has 0 amide bonds. The molecule has 7 nitrogen and oxygen atoms in total. The number of hydrogen-bond acceptors (Lipinski definition) is 6. The van der Waals surface area contributed by atoms with Crippen LogP contribution < -0.4 is 9.80 Å². The second-order valence-electron chi connectivity index (χ2n) is 5.43. The first-order valence-electron chi connectivity index (χ1n) is 7.09. The molecule has 21 heavy (non-hydrogen) atoms. The molecule has 1 aromatic heterocycles. The number of anilines is 2. The van der Waals surface area contributed by atoms with Crippen molar-refractivity contribution in [3.05, 3.63) is 12.4 Å². The molecule has 1 aromatic rings. The van der Waals surface area contributed by atoms with Crippen molar-refractivity contribution in [3.63, 3.8) is 0 Å². The molecule has 1 aliphatic heterocycles. The predicted molar refractivity (Wildman–Crippen MR) is 84.2 cm³/mol. The van der Waals surface area contributed by atoms with Crippen molar-refractivity contribution in [2.45, 2.75) is 19.9 Å². The van der Waals surface area contributed by atoms with Crippen LogP contribution in [-0.2, 0) is 10.0 Å². The molecule has 0 N–H and O–H groups in total. The summed E-state index contributed by atoms with van der Waals surface area (Å²) < 4.78 is 25.5. The highest BCUT2D eigenvalue weighted by Crippen LogP contribution is 2.22. The fourth-order valence-electron chi connectivity index (χ4n) is 2.44. The van der Waals surface area contributed by atoms with Crippen LogP contribution in [-0.4, -0.2) is 68.2 Å². The molecular formula is C13H23N5O2S. The van der Waals surface area contributed by atoms with Gasteiger partial charge in [0.05, 0.1) is 5.75 Å². The first-order chi connectivity index (χ1) is 9.85. The van der Waals surface area contributed by atoms with Crippen LogP contribution in [0.2, 0.25) is 0 Å². The van der Waals surface area contributed by atoms with Gasteiger partial charge in [0, 0.05) is 45.8 Å². The van der Waals surface area contributed by atoms with Gasteiger partial charge in [0.25, 0.3) is 0 Å². The number of rotatable bonds is 4. The molecule has 1 aliphatic rings. The van der Waals surface area contributed by atoms with Crippen LogP contribution in [0.1, 0.15) is 13.8 Å². The molecule has 0 unspecified atom stereocenters. The van der Waals surface area contributed by atoms with Gasteiger partial charge in [-0.25, -0.2) is 18.4 Å². The summed E-state index contributed by atoms with van der Waals surface area (Å²) in [5.41, 5.74) is 0. The molecule has 0 saturated carbocycles. The Labute approximate surface area is 126 Å². The molecule has 1 saturated heterocycles. The van der Waals surface area contributed by atoms with Crippen molar-refractivity contribution in [2.75, 3.05) is 49.3 Å². The van der Waals surface area contributed by atoms with Gasteiger partial charge < -0.3 is 9.80 Å². The Morgan fingerprint density at radius 1 is 1.33 bits per heavy atom. The van der Waals surface area contributed by atoms with E-state index in [0.29, 0.717) is 19.6 Å². The zero-order chi connectivity index (χ0) is 15.6. The fraction of sp³-hybridized carbons (Fsp3) is 0.692. The zero-order valence-electron chi connectivity index (χ0n) is 13.0. The zero-order valence-corrected chi connectivity index (χ0v) is 13.8. The summed E-state index contributed by atoms with van der Waals surface area (Å²) in [7, 11) is 0.748. The van der Waals surface area contributed by atoms with Gasteiger partial charge in [0.2, 0.25) is 10.0 Å². The molecule has 8 heteroatoms. The minimum Gasteiger partial charge on any atom is -0.363 e. The molecule has 0 aliphatic carbocycles. The van der Waals surface area contributed by atoms with Crippen LogP contribution in [0.25, 0.3) is 0 Å². The van der Waals surface area contributed by atoms with E-state index < -0.39 is 10.0 Å². The summed E-state index contributed by atoms with van der Waals surface area (Å²) in [4.78, 5) is 12.6. The quantitative estimate of drug-likeness (QED) is 0.801. The number of sulfonamides is 1. The third kappa shape index (κ3) is 3.44. The Morgan fingerprint density at radius 2 is 2.05 bits per heavy atom. The largest absolute Gasteiger partial charge is 0.363 e. The van der Waals surface area contributed by atoms with Gasteiger partial charge in [-0.3, -0.25) is 0 Å². The number of nitrogens with zero attached hydrogens (tertiary/aromatic N) is 5. The summed E-state index contributed by atoms with van der Waals surface area (Å²) >= 11 is 0. The Kier molecular flexibility index (Phi) is 4.67. The normalized spacial score (nSPS) is 20.6. The first-order valence-corrected chi connectivity index (χ1v) is 8.70. The van der Waals surface area contributed by atoms with E-state index in [9.17, 15) is 8.42 Å². The average Bonchev–Trinajstić information content (AvgIpc) is 2.47. The molecule has 2 rings (SSSR count). The molecular weight excluding hydrogens is 290 g/mol. The van der Waals surface area contributed by atoms with Gasteiger partial charge in [-0.15, -0.1) is 0 Å². The Morgan fingerprint density at radius 3 is 2.62 bits per heavy atom. The minimum atomic E-state index is -3.12. The monoisotopic (exact) mass is 313 g/mol. The van der Waals surface area contributed by atoms with Crippen LogP contribution in [0.4, 0.5) is 11.6 Å². The third-order valence-electron chi connectivity index (χ3n) is 3.74. The number of hydrogen-bond donors (Lipinski definition) is 0. The minimum absolute atomic E-state index is 0.0880. The van der Waals surface area contributed by atoms with E-state index in [-0.39, 0.29) is 11.8 Å². The van der Waals surface area contributed by atoms with Crippen molar-refractivity contribution in [1.82, 2.24) is 14.3 Å². The van der Waals surface area contributed by atoms with Crippen LogP contribution in [0.5, 0.6) is 0 Å². The number of piperazine rings is 1. The van der Waals surface area contributed by atoms with Crippen LogP contribution in [0, 0.1) is 0 Å². The van der Waals surface area contributed by atoms with E-state index >= 15 is 0 Å². The second-order valence-corrected chi connectivity index (χ2v) is 7.69. The Bertz CT molecular complexity index is 590. The van der Waals surface area contributed by atoms with Crippen molar-refractivity contribution < 1.29 is 8.42 Å². The highest BCUT2D eigenvalue weighted by molar-refractivity contribution is 7.89. The van der Waals surface area contributed by atoms with E-state index in [2.05, 4.69) is 14.9 Å². The van der Waals surface area contributed by atoms with Gasteiger partial charge in [-0.2, -0.15) is 4.31 Å².